The third kappa shape index (κ3) is 4.95. The molecule has 0 bridgehead atoms. The number of carbonyl (C=O) groups excluding carboxylic acids is 2. The van der Waals surface area contributed by atoms with Crippen LogP contribution in [0.2, 0.25) is 0 Å². The van der Waals surface area contributed by atoms with Crippen molar-refractivity contribution in [2.75, 3.05) is 18.4 Å². The molecule has 1 aromatic rings. The minimum absolute atomic E-state index is 0. The van der Waals surface area contributed by atoms with E-state index in [1.54, 1.807) is 24.3 Å². The number of anilines is 1. The number of rotatable bonds is 4. The fraction of sp³-hybridized carbons (Fsp3) is 0.556. The number of benzene rings is 1. The predicted octanol–water partition coefficient (Wildman–Crippen LogP) is 2.72. The SMILES string of the molecule is Cl.O=C(NC1CCCC1)c1ccc(NC(=O)C2CCCNC2)cc1. The largest absolute Gasteiger partial charge is 0.349 e. The summed E-state index contributed by atoms with van der Waals surface area (Å²) in [5.74, 6) is 0.0701. The number of carbonyl (C=O) groups is 2. The standard InChI is InChI=1S/C18H25N3O2.ClH/c22-17(20-15-5-1-2-6-15)13-7-9-16(10-8-13)21-18(23)14-4-3-11-19-12-14;/h7-10,14-15,19H,1-6,11-12H2,(H,20,22)(H,21,23);1H. The molecule has 1 aliphatic carbocycles. The molecule has 3 N–H and O–H groups in total. The van der Waals surface area contributed by atoms with E-state index in [0.717, 1.165) is 44.5 Å². The molecule has 2 fully saturated rings. The molecule has 1 unspecified atom stereocenters. The maximum absolute atomic E-state index is 12.2. The highest BCUT2D eigenvalue weighted by Crippen LogP contribution is 2.19. The van der Waals surface area contributed by atoms with Crippen LogP contribution in [0.3, 0.4) is 0 Å². The lowest BCUT2D eigenvalue weighted by Gasteiger charge is -2.21. The smallest absolute Gasteiger partial charge is 0.251 e. The van der Waals surface area contributed by atoms with Crippen LogP contribution in [-0.4, -0.2) is 30.9 Å². The maximum atomic E-state index is 12.2. The van der Waals surface area contributed by atoms with Crippen LogP contribution in [0, 0.1) is 5.92 Å². The van der Waals surface area contributed by atoms with Gasteiger partial charge in [-0.3, -0.25) is 9.59 Å². The van der Waals surface area contributed by atoms with Crippen molar-refractivity contribution in [1.82, 2.24) is 10.6 Å². The first kappa shape index (κ1) is 18.7. The van der Waals surface area contributed by atoms with Crippen molar-refractivity contribution in [2.45, 2.75) is 44.6 Å². The molecular formula is C18H26ClN3O2. The average molecular weight is 352 g/mol. The van der Waals surface area contributed by atoms with Gasteiger partial charge >= 0.3 is 0 Å². The van der Waals surface area contributed by atoms with Crippen molar-refractivity contribution >= 4 is 29.9 Å². The Bertz CT molecular complexity index is 550. The van der Waals surface area contributed by atoms with Gasteiger partial charge in [0.25, 0.3) is 5.91 Å². The van der Waals surface area contributed by atoms with E-state index in [9.17, 15) is 9.59 Å². The molecule has 0 spiro atoms. The van der Waals surface area contributed by atoms with Crippen LogP contribution in [0.4, 0.5) is 5.69 Å². The summed E-state index contributed by atoms with van der Waals surface area (Å²) >= 11 is 0. The van der Waals surface area contributed by atoms with Crippen LogP contribution in [0.25, 0.3) is 0 Å². The van der Waals surface area contributed by atoms with E-state index in [-0.39, 0.29) is 30.1 Å². The lowest BCUT2D eigenvalue weighted by molar-refractivity contribution is -0.120. The van der Waals surface area contributed by atoms with Crippen molar-refractivity contribution in [1.29, 1.82) is 0 Å². The van der Waals surface area contributed by atoms with Crippen LogP contribution < -0.4 is 16.0 Å². The number of nitrogens with one attached hydrogen (secondary N) is 3. The monoisotopic (exact) mass is 351 g/mol. The highest BCUT2D eigenvalue weighted by atomic mass is 35.5. The molecule has 1 saturated carbocycles. The van der Waals surface area contributed by atoms with E-state index in [1.165, 1.54) is 12.8 Å². The Labute approximate surface area is 149 Å². The van der Waals surface area contributed by atoms with Gasteiger partial charge in [0.1, 0.15) is 0 Å². The summed E-state index contributed by atoms with van der Waals surface area (Å²) in [7, 11) is 0. The van der Waals surface area contributed by atoms with Gasteiger partial charge in [-0.05, 0) is 56.5 Å². The Kier molecular flexibility index (Phi) is 7.06. The molecule has 1 heterocycles. The van der Waals surface area contributed by atoms with Gasteiger partial charge < -0.3 is 16.0 Å². The second-order valence-electron chi connectivity index (χ2n) is 6.56. The van der Waals surface area contributed by atoms with E-state index in [4.69, 9.17) is 0 Å². The molecule has 1 aliphatic heterocycles. The average Bonchev–Trinajstić information content (AvgIpc) is 3.09. The summed E-state index contributed by atoms with van der Waals surface area (Å²) in [6.45, 7) is 1.74. The Morgan fingerprint density at radius 2 is 1.71 bits per heavy atom. The van der Waals surface area contributed by atoms with Gasteiger partial charge in [-0.25, -0.2) is 0 Å². The van der Waals surface area contributed by atoms with Gasteiger partial charge in [0, 0.05) is 23.8 Å². The van der Waals surface area contributed by atoms with Gasteiger partial charge in [-0.1, -0.05) is 12.8 Å². The second-order valence-corrected chi connectivity index (χ2v) is 6.56. The molecule has 3 rings (SSSR count). The van der Waals surface area contributed by atoms with Crippen LogP contribution in [0.5, 0.6) is 0 Å². The number of hydrogen-bond acceptors (Lipinski definition) is 3. The summed E-state index contributed by atoms with van der Waals surface area (Å²) < 4.78 is 0. The van der Waals surface area contributed by atoms with E-state index in [2.05, 4.69) is 16.0 Å². The number of hydrogen-bond donors (Lipinski definition) is 3. The maximum Gasteiger partial charge on any atom is 0.251 e. The molecule has 0 aromatic heterocycles. The molecule has 1 aromatic carbocycles. The predicted molar refractivity (Wildman–Crippen MR) is 97.6 cm³/mol. The molecular weight excluding hydrogens is 326 g/mol. The first-order valence-electron chi connectivity index (χ1n) is 8.65. The van der Waals surface area contributed by atoms with Crippen molar-refractivity contribution in [3.63, 3.8) is 0 Å². The second kappa shape index (κ2) is 9.04. The molecule has 2 aliphatic rings. The summed E-state index contributed by atoms with van der Waals surface area (Å²) in [5, 5.41) is 9.26. The summed E-state index contributed by atoms with van der Waals surface area (Å²) in [4.78, 5) is 24.4. The lowest BCUT2D eigenvalue weighted by atomic mass is 9.99. The van der Waals surface area contributed by atoms with Gasteiger partial charge in [0.15, 0.2) is 0 Å². The van der Waals surface area contributed by atoms with Crippen LogP contribution >= 0.6 is 12.4 Å². The zero-order valence-electron chi connectivity index (χ0n) is 13.8. The van der Waals surface area contributed by atoms with E-state index < -0.39 is 0 Å². The van der Waals surface area contributed by atoms with Crippen molar-refractivity contribution in [2.24, 2.45) is 5.92 Å². The molecule has 1 atom stereocenters. The Morgan fingerprint density at radius 3 is 2.33 bits per heavy atom. The number of halogens is 1. The topological polar surface area (TPSA) is 70.2 Å². The molecule has 1 saturated heterocycles. The molecule has 24 heavy (non-hydrogen) atoms. The zero-order chi connectivity index (χ0) is 16.1. The Morgan fingerprint density at radius 1 is 1.00 bits per heavy atom. The van der Waals surface area contributed by atoms with E-state index >= 15 is 0 Å². The summed E-state index contributed by atoms with van der Waals surface area (Å²) in [6.07, 6.45) is 6.53. The van der Waals surface area contributed by atoms with E-state index in [0.29, 0.717) is 11.6 Å². The van der Waals surface area contributed by atoms with Crippen LogP contribution in [0.15, 0.2) is 24.3 Å². The summed E-state index contributed by atoms with van der Waals surface area (Å²) in [6, 6.07) is 7.48. The molecule has 6 heteroatoms. The van der Waals surface area contributed by atoms with Crippen LogP contribution in [-0.2, 0) is 4.79 Å². The van der Waals surface area contributed by atoms with Crippen molar-refractivity contribution in [3.8, 4) is 0 Å². The van der Waals surface area contributed by atoms with Gasteiger partial charge in [-0.2, -0.15) is 0 Å². The highest BCUT2D eigenvalue weighted by Gasteiger charge is 2.21. The number of amides is 2. The summed E-state index contributed by atoms with van der Waals surface area (Å²) in [5.41, 5.74) is 1.40. The van der Waals surface area contributed by atoms with Crippen molar-refractivity contribution < 1.29 is 9.59 Å². The third-order valence-corrected chi connectivity index (χ3v) is 4.77. The lowest BCUT2D eigenvalue weighted by Crippen LogP contribution is -2.37. The highest BCUT2D eigenvalue weighted by molar-refractivity contribution is 5.96. The normalized spacial score (nSPS) is 20.9. The molecule has 2 amide bonds. The fourth-order valence-electron chi connectivity index (χ4n) is 3.36. The minimum Gasteiger partial charge on any atom is -0.349 e. The van der Waals surface area contributed by atoms with E-state index in [1.807, 2.05) is 0 Å². The first-order valence-corrected chi connectivity index (χ1v) is 8.65. The van der Waals surface area contributed by atoms with Crippen molar-refractivity contribution in [3.05, 3.63) is 29.8 Å². The van der Waals surface area contributed by atoms with Crippen LogP contribution in [0.1, 0.15) is 48.9 Å². The van der Waals surface area contributed by atoms with Gasteiger partial charge in [0.05, 0.1) is 5.92 Å². The zero-order valence-corrected chi connectivity index (χ0v) is 14.7. The molecule has 0 radical (unpaired) electrons. The van der Waals surface area contributed by atoms with Gasteiger partial charge in [0.2, 0.25) is 5.91 Å². The number of piperidine rings is 1. The minimum atomic E-state index is -0.0220. The molecule has 132 valence electrons. The van der Waals surface area contributed by atoms with Gasteiger partial charge in [-0.15, -0.1) is 12.4 Å². The first-order chi connectivity index (χ1) is 11.2. The molecule has 5 nitrogen and oxygen atoms in total. The third-order valence-electron chi connectivity index (χ3n) is 4.77. The Hall–Kier alpha value is -1.59. The Balaban J connectivity index is 0.00000208. The fourth-order valence-corrected chi connectivity index (χ4v) is 3.36. The quantitative estimate of drug-likeness (QED) is 0.781.